The number of carbonyl (C=O) groups excluding carboxylic acids is 6. The fraction of sp³-hybridized carbons (Fsp3) is 0.471. The number of hydrogen-bond donors (Lipinski definition) is 4. The van der Waals surface area contributed by atoms with E-state index in [4.69, 9.17) is 9.47 Å². The molecule has 0 aliphatic heterocycles. The lowest BCUT2D eigenvalue weighted by Crippen LogP contribution is -2.47. The van der Waals surface area contributed by atoms with E-state index in [1.165, 1.54) is 6.07 Å². The molecule has 2 aromatic rings. The summed E-state index contributed by atoms with van der Waals surface area (Å²) < 4.78 is 15.0. The highest BCUT2D eigenvalue weighted by Gasteiger charge is 2.31. The van der Waals surface area contributed by atoms with Gasteiger partial charge in [0.15, 0.2) is 0 Å². The third-order valence-corrected chi connectivity index (χ3v) is 7.67. The minimum Gasteiger partial charge on any atom is -0.493 e. The molecule has 4 amide bonds. The number of nitrogens with zero attached hydrogens (tertiary/aromatic N) is 1. The van der Waals surface area contributed by atoms with Gasteiger partial charge in [-0.25, -0.2) is 9.86 Å². The lowest BCUT2D eigenvalue weighted by molar-refractivity contribution is -0.168. The predicted octanol–water partition coefficient (Wildman–Crippen LogP) is 3.21. The van der Waals surface area contributed by atoms with E-state index in [-0.39, 0.29) is 36.9 Å². The van der Waals surface area contributed by atoms with Crippen molar-refractivity contribution < 1.29 is 48.2 Å². The van der Waals surface area contributed by atoms with Gasteiger partial charge in [-0.1, -0.05) is 51.3 Å². The lowest BCUT2D eigenvalue weighted by atomic mass is 9.90. The molecule has 0 aromatic heterocycles. The maximum atomic E-state index is 13.1. The molecular weight excluding hydrogens is 624 g/mol. The Morgan fingerprint density at radius 1 is 0.917 bits per heavy atom. The van der Waals surface area contributed by atoms with Gasteiger partial charge < -0.3 is 30.2 Å². The molecule has 48 heavy (non-hydrogen) atoms. The van der Waals surface area contributed by atoms with Crippen molar-refractivity contribution in [3.05, 3.63) is 53.6 Å². The molecule has 262 valence electrons. The molecule has 0 fully saturated rings. The molecule has 0 radical (unpaired) electrons. The molecule has 0 aliphatic rings. The van der Waals surface area contributed by atoms with E-state index >= 15 is 0 Å². The van der Waals surface area contributed by atoms with Gasteiger partial charge in [0.2, 0.25) is 12.3 Å². The van der Waals surface area contributed by atoms with Crippen molar-refractivity contribution >= 4 is 36.1 Å². The summed E-state index contributed by atoms with van der Waals surface area (Å²) in [5.74, 6) is -3.48. The van der Waals surface area contributed by atoms with Crippen LogP contribution in [0.5, 0.6) is 5.75 Å². The molecule has 4 N–H and O–H groups in total. The van der Waals surface area contributed by atoms with E-state index in [9.17, 15) is 34.0 Å². The summed E-state index contributed by atoms with van der Waals surface area (Å²) in [5, 5.41) is 18.4. The van der Waals surface area contributed by atoms with Crippen molar-refractivity contribution in [3.8, 4) is 16.9 Å². The molecule has 3 atom stereocenters. The maximum absolute atomic E-state index is 13.1. The number of benzene rings is 2. The van der Waals surface area contributed by atoms with Gasteiger partial charge in [0.1, 0.15) is 11.8 Å². The fourth-order valence-electron chi connectivity index (χ4n) is 5.12. The molecule has 14 nitrogen and oxygen atoms in total. The van der Waals surface area contributed by atoms with Crippen LogP contribution in [-0.4, -0.2) is 85.9 Å². The predicted molar refractivity (Wildman–Crippen MR) is 175 cm³/mol. The number of nitrogens with one attached hydrogen (secondary N) is 3. The van der Waals surface area contributed by atoms with Gasteiger partial charge in [0, 0.05) is 5.56 Å². The highest BCUT2D eigenvalue weighted by atomic mass is 16.5. The third-order valence-electron chi connectivity index (χ3n) is 7.67. The number of methoxy groups -OCH3 is 2. The van der Waals surface area contributed by atoms with Crippen LogP contribution in [0.15, 0.2) is 42.5 Å². The monoisotopic (exact) mass is 670 g/mol. The highest BCUT2D eigenvalue weighted by Crippen LogP contribution is 2.29. The zero-order chi connectivity index (χ0) is 35.6. The molecule has 0 aliphatic carbocycles. The lowest BCUT2D eigenvalue weighted by Gasteiger charge is -2.29. The number of hydroxylamine groups is 2. The van der Waals surface area contributed by atoms with Gasteiger partial charge in [-0.05, 0) is 55.2 Å². The minimum atomic E-state index is -1.27. The largest absolute Gasteiger partial charge is 0.493 e. The average molecular weight is 671 g/mol. The molecule has 0 heterocycles. The van der Waals surface area contributed by atoms with Crippen molar-refractivity contribution in [3.63, 3.8) is 0 Å². The van der Waals surface area contributed by atoms with Crippen LogP contribution in [-0.2, 0) is 28.7 Å². The van der Waals surface area contributed by atoms with E-state index in [1.54, 1.807) is 50.2 Å². The molecule has 2 aromatic carbocycles. The standard InChI is InChI=1S/C34H46N4O10/c1-6-9-10-14-25(28(7-2)38(45)21-39)32(42)36-20-35-31(41)24-13-11-12-22(17-24)23-15-16-26(29(18-23)48-8-3)33(43)37-27(34(44)47-5)19-30(40)46-4/h11-13,15-18,21,25,27-28,45H,6-10,14,19-20H2,1-5H3,(H,35,41)(H,36,42)(H,37,43)/t25-,27?,28-/m1/s1. The van der Waals surface area contributed by atoms with Gasteiger partial charge in [-0.3, -0.25) is 29.2 Å². The maximum Gasteiger partial charge on any atom is 0.328 e. The zero-order valence-electron chi connectivity index (χ0n) is 28.1. The second-order valence-electron chi connectivity index (χ2n) is 10.8. The van der Waals surface area contributed by atoms with Gasteiger partial charge in [0.05, 0.1) is 51.4 Å². The van der Waals surface area contributed by atoms with Crippen LogP contribution >= 0.6 is 0 Å². The number of rotatable bonds is 20. The molecule has 14 heteroatoms. The molecule has 0 spiro atoms. The van der Waals surface area contributed by atoms with Gasteiger partial charge in [0.25, 0.3) is 11.8 Å². The van der Waals surface area contributed by atoms with Crippen molar-refractivity contribution in [2.45, 2.75) is 71.4 Å². The van der Waals surface area contributed by atoms with Crippen molar-refractivity contribution in [2.24, 2.45) is 5.92 Å². The van der Waals surface area contributed by atoms with Crippen molar-refractivity contribution in [1.29, 1.82) is 0 Å². The van der Waals surface area contributed by atoms with E-state index in [0.717, 1.165) is 33.5 Å². The van der Waals surface area contributed by atoms with E-state index in [0.29, 0.717) is 34.6 Å². The Morgan fingerprint density at radius 2 is 1.65 bits per heavy atom. The quantitative estimate of drug-likeness (QED) is 0.0407. The van der Waals surface area contributed by atoms with Gasteiger partial charge in [-0.15, -0.1) is 0 Å². The smallest absolute Gasteiger partial charge is 0.328 e. The van der Waals surface area contributed by atoms with Crippen LogP contribution in [0.2, 0.25) is 0 Å². The van der Waals surface area contributed by atoms with Crippen LogP contribution in [0.4, 0.5) is 0 Å². The molecule has 0 bridgehead atoms. The summed E-state index contributed by atoms with van der Waals surface area (Å²) in [6.07, 6.45) is 3.30. The molecular formula is C34H46N4O10. The summed E-state index contributed by atoms with van der Waals surface area (Å²) in [5.41, 5.74) is 1.68. The number of hydrogen-bond acceptors (Lipinski definition) is 10. The van der Waals surface area contributed by atoms with Crippen LogP contribution in [0, 0.1) is 5.92 Å². The number of unbranched alkanes of at least 4 members (excludes halogenated alkanes) is 2. The molecule has 2 rings (SSSR count). The minimum absolute atomic E-state index is 0.111. The summed E-state index contributed by atoms with van der Waals surface area (Å²) in [6.45, 7) is 5.61. The van der Waals surface area contributed by atoms with Gasteiger partial charge in [-0.2, -0.15) is 0 Å². The van der Waals surface area contributed by atoms with Crippen LogP contribution in [0.25, 0.3) is 11.1 Å². The molecule has 1 unspecified atom stereocenters. The number of ether oxygens (including phenoxy) is 3. The third kappa shape index (κ3) is 11.4. The van der Waals surface area contributed by atoms with Crippen molar-refractivity contribution in [2.75, 3.05) is 27.5 Å². The first kappa shape index (κ1) is 39.2. The van der Waals surface area contributed by atoms with Gasteiger partial charge >= 0.3 is 11.9 Å². The normalized spacial score (nSPS) is 12.5. The van der Waals surface area contributed by atoms with Crippen LogP contribution < -0.4 is 20.7 Å². The Bertz CT molecular complexity index is 1420. The summed E-state index contributed by atoms with van der Waals surface area (Å²) in [7, 11) is 2.30. The van der Waals surface area contributed by atoms with E-state index in [1.807, 2.05) is 6.92 Å². The number of esters is 2. The fourth-order valence-corrected chi connectivity index (χ4v) is 5.12. The first-order valence-corrected chi connectivity index (χ1v) is 15.9. The van der Waals surface area contributed by atoms with Crippen LogP contribution in [0.3, 0.4) is 0 Å². The first-order valence-electron chi connectivity index (χ1n) is 15.9. The summed E-state index contributed by atoms with van der Waals surface area (Å²) in [4.78, 5) is 74.3. The Labute approximate surface area is 280 Å². The SMILES string of the molecule is CCCCC[C@@H](C(=O)NCNC(=O)c1cccc(-c2ccc(C(=O)NC(CC(=O)OC)C(=O)OC)c(OCC)c2)c1)[C@@H](CC)N(O)C=O. The molecule has 0 saturated carbocycles. The average Bonchev–Trinajstić information content (AvgIpc) is 3.10. The Hall–Kier alpha value is -4.98. The summed E-state index contributed by atoms with van der Waals surface area (Å²) >= 11 is 0. The van der Waals surface area contributed by atoms with Crippen LogP contribution in [0.1, 0.15) is 80.0 Å². The Morgan fingerprint density at radius 3 is 2.27 bits per heavy atom. The summed E-state index contributed by atoms with van der Waals surface area (Å²) in [6, 6.07) is 9.50. The van der Waals surface area contributed by atoms with Crippen molar-refractivity contribution in [1.82, 2.24) is 21.0 Å². The molecule has 0 saturated heterocycles. The zero-order valence-corrected chi connectivity index (χ0v) is 28.1. The topological polar surface area (TPSA) is 190 Å². The highest BCUT2D eigenvalue weighted by molar-refractivity contribution is 6.00. The number of carbonyl (C=O) groups is 6. The Kier molecular flexibility index (Phi) is 16.6. The van der Waals surface area contributed by atoms with E-state index < -0.39 is 48.2 Å². The second kappa shape index (κ2) is 20.3. The second-order valence-corrected chi connectivity index (χ2v) is 10.8. The van der Waals surface area contributed by atoms with E-state index in [2.05, 4.69) is 20.7 Å². The number of amides is 4. The Balaban J connectivity index is 2.19. The first-order chi connectivity index (χ1) is 23.0.